The molecular weight excluding hydrogens is 528 g/mol. The summed E-state index contributed by atoms with van der Waals surface area (Å²) in [5, 5.41) is 13.0. The number of benzene rings is 3. The average Bonchev–Trinajstić information content (AvgIpc) is 2.83. The molecular formula is C28H24BrClN2O3. The summed E-state index contributed by atoms with van der Waals surface area (Å²) in [6.45, 7) is 6.39. The number of allylic oxidation sites excluding steroid dienone is 1. The highest BCUT2D eigenvalue weighted by Gasteiger charge is 2.16. The van der Waals surface area contributed by atoms with Gasteiger partial charge in [0.1, 0.15) is 18.2 Å². The van der Waals surface area contributed by atoms with Crippen molar-refractivity contribution in [2.75, 3.05) is 11.9 Å². The minimum atomic E-state index is -0.507. The molecule has 3 aromatic rings. The van der Waals surface area contributed by atoms with Crippen LogP contribution in [0.15, 0.2) is 83.4 Å². The lowest BCUT2D eigenvalue weighted by Gasteiger charge is -2.17. The Labute approximate surface area is 218 Å². The lowest BCUT2D eigenvalue weighted by atomic mass is 10.0. The maximum absolute atomic E-state index is 12.7. The van der Waals surface area contributed by atoms with E-state index in [1.54, 1.807) is 30.3 Å². The molecule has 1 N–H and O–H groups in total. The van der Waals surface area contributed by atoms with E-state index in [0.29, 0.717) is 40.8 Å². The molecule has 0 aromatic heterocycles. The lowest BCUT2D eigenvalue weighted by molar-refractivity contribution is -0.112. The van der Waals surface area contributed by atoms with Gasteiger partial charge in [-0.15, -0.1) is 6.58 Å². The molecule has 0 spiro atoms. The van der Waals surface area contributed by atoms with E-state index >= 15 is 0 Å². The van der Waals surface area contributed by atoms with Crippen molar-refractivity contribution in [1.29, 1.82) is 5.26 Å². The summed E-state index contributed by atoms with van der Waals surface area (Å²) in [7, 11) is 0. The molecule has 3 rings (SSSR count). The molecule has 5 nitrogen and oxygen atoms in total. The van der Waals surface area contributed by atoms with Crippen LogP contribution in [0.25, 0.3) is 6.08 Å². The first-order valence-electron chi connectivity index (χ1n) is 10.9. The summed E-state index contributed by atoms with van der Waals surface area (Å²) < 4.78 is 12.8. The van der Waals surface area contributed by atoms with Crippen LogP contribution < -0.4 is 14.8 Å². The van der Waals surface area contributed by atoms with Crippen molar-refractivity contribution in [3.63, 3.8) is 0 Å². The van der Waals surface area contributed by atoms with Crippen LogP contribution >= 0.6 is 27.5 Å². The molecule has 1 amide bonds. The summed E-state index contributed by atoms with van der Waals surface area (Å²) in [5.74, 6) is 0.573. The summed E-state index contributed by atoms with van der Waals surface area (Å²) >= 11 is 9.65. The van der Waals surface area contributed by atoms with E-state index in [-0.39, 0.29) is 12.2 Å². The number of halogens is 2. The first-order chi connectivity index (χ1) is 16.9. The normalized spacial score (nSPS) is 10.9. The molecule has 35 heavy (non-hydrogen) atoms. The van der Waals surface area contributed by atoms with Gasteiger partial charge < -0.3 is 14.8 Å². The van der Waals surface area contributed by atoms with Crippen LogP contribution in [0, 0.1) is 11.3 Å². The topological polar surface area (TPSA) is 71.4 Å². The van der Waals surface area contributed by atoms with Gasteiger partial charge in [0, 0.05) is 26.3 Å². The molecule has 0 radical (unpaired) electrons. The van der Waals surface area contributed by atoms with Crippen LogP contribution in [0.3, 0.4) is 0 Å². The summed E-state index contributed by atoms with van der Waals surface area (Å²) in [6.07, 6.45) is 3.79. The van der Waals surface area contributed by atoms with Crippen LogP contribution in [0.1, 0.15) is 23.6 Å². The van der Waals surface area contributed by atoms with Crippen molar-refractivity contribution in [3.05, 3.63) is 105 Å². The monoisotopic (exact) mass is 550 g/mol. The molecule has 0 aliphatic heterocycles. The fourth-order valence-electron chi connectivity index (χ4n) is 3.35. The van der Waals surface area contributed by atoms with Gasteiger partial charge in [-0.3, -0.25) is 4.79 Å². The van der Waals surface area contributed by atoms with Crippen molar-refractivity contribution < 1.29 is 14.3 Å². The number of nitriles is 1. The highest BCUT2D eigenvalue weighted by molar-refractivity contribution is 9.10. The molecule has 7 heteroatoms. The molecule has 0 aliphatic carbocycles. The quantitative estimate of drug-likeness (QED) is 0.162. The Morgan fingerprint density at radius 2 is 1.94 bits per heavy atom. The molecule has 0 fully saturated rings. The zero-order valence-electron chi connectivity index (χ0n) is 19.2. The van der Waals surface area contributed by atoms with Gasteiger partial charge in [0.05, 0.1) is 6.61 Å². The van der Waals surface area contributed by atoms with E-state index in [2.05, 4.69) is 27.8 Å². The molecule has 0 bridgehead atoms. The van der Waals surface area contributed by atoms with Crippen molar-refractivity contribution in [2.45, 2.75) is 20.0 Å². The number of ether oxygens (including phenoxy) is 2. The maximum atomic E-state index is 12.7. The second-order valence-electron chi connectivity index (χ2n) is 7.45. The van der Waals surface area contributed by atoms with E-state index in [1.165, 1.54) is 6.08 Å². The van der Waals surface area contributed by atoms with Crippen molar-refractivity contribution in [3.8, 4) is 17.6 Å². The van der Waals surface area contributed by atoms with Gasteiger partial charge in [0.15, 0.2) is 11.5 Å². The molecule has 0 saturated carbocycles. The Hall–Kier alpha value is -3.53. The van der Waals surface area contributed by atoms with Crippen molar-refractivity contribution in [2.24, 2.45) is 0 Å². The third-order valence-corrected chi connectivity index (χ3v) is 5.77. The van der Waals surface area contributed by atoms with Gasteiger partial charge in [0.25, 0.3) is 5.91 Å². The number of hydrogen-bond donors (Lipinski definition) is 1. The maximum Gasteiger partial charge on any atom is 0.266 e. The number of amides is 1. The van der Waals surface area contributed by atoms with Gasteiger partial charge in [0.2, 0.25) is 0 Å². The number of carbonyl (C=O) groups excluding carboxylic acids is 1. The zero-order chi connectivity index (χ0) is 25.2. The number of anilines is 1. The molecule has 0 heterocycles. The number of rotatable bonds is 10. The Balaban J connectivity index is 1.94. The minimum Gasteiger partial charge on any atom is -0.490 e. The van der Waals surface area contributed by atoms with Crippen LogP contribution in [-0.2, 0) is 17.8 Å². The first-order valence-corrected chi connectivity index (χ1v) is 12.1. The van der Waals surface area contributed by atoms with Crippen LogP contribution in [0.2, 0.25) is 5.02 Å². The SMILES string of the molecule is C=CCc1cc(/C=C(/C#N)C(=O)Nc2cccc(Br)c2)cc(OCC)c1OCc1ccccc1Cl. The van der Waals surface area contributed by atoms with Gasteiger partial charge in [-0.05, 0) is 61.4 Å². The highest BCUT2D eigenvalue weighted by Crippen LogP contribution is 2.36. The second-order valence-corrected chi connectivity index (χ2v) is 8.77. The van der Waals surface area contributed by atoms with Gasteiger partial charge in [-0.1, -0.05) is 57.9 Å². The smallest absolute Gasteiger partial charge is 0.266 e. The molecule has 0 aliphatic rings. The fraction of sp³-hybridized carbons (Fsp3) is 0.143. The number of carbonyl (C=O) groups is 1. The Morgan fingerprint density at radius 3 is 2.63 bits per heavy atom. The third-order valence-electron chi connectivity index (χ3n) is 4.91. The van der Waals surface area contributed by atoms with E-state index in [9.17, 15) is 10.1 Å². The van der Waals surface area contributed by atoms with E-state index in [0.717, 1.165) is 15.6 Å². The second kappa shape index (κ2) is 12.8. The number of nitrogens with one attached hydrogen (secondary N) is 1. The standard InChI is InChI=1S/C28H24BrClN2O3/c1-3-8-20-13-19(14-22(17-31)28(33)32-24-11-7-10-23(29)16-24)15-26(34-4-2)27(20)35-18-21-9-5-6-12-25(21)30/h3,5-7,9-16H,1,4,8,18H2,2H3,(H,32,33)/b22-14-. The zero-order valence-corrected chi connectivity index (χ0v) is 21.5. The molecule has 0 atom stereocenters. The van der Waals surface area contributed by atoms with E-state index in [4.69, 9.17) is 21.1 Å². The highest BCUT2D eigenvalue weighted by atomic mass is 79.9. The number of hydrogen-bond acceptors (Lipinski definition) is 4. The molecule has 0 unspecified atom stereocenters. The fourth-order valence-corrected chi connectivity index (χ4v) is 3.94. The Bertz CT molecular complexity index is 1300. The van der Waals surface area contributed by atoms with Crippen LogP contribution in [0.4, 0.5) is 5.69 Å². The Kier molecular flexibility index (Phi) is 9.54. The van der Waals surface area contributed by atoms with Crippen LogP contribution in [-0.4, -0.2) is 12.5 Å². The first kappa shape index (κ1) is 26.1. The number of nitrogens with zero attached hydrogens (tertiary/aromatic N) is 1. The molecule has 3 aromatic carbocycles. The van der Waals surface area contributed by atoms with E-state index in [1.807, 2.05) is 49.4 Å². The van der Waals surface area contributed by atoms with Crippen molar-refractivity contribution in [1.82, 2.24) is 0 Å². The predicted molar refractivity (Wildman–Crippen MR) is 144 cm³/mol. The third kappa shape index (κ3) is 7.22. The van der Waals surface area contributed by atoms with Gasteiger partial charge in [-0.25, -0.2) is 0 Å². The van der Waals surface area contributed by atoms with Crippen LogP contribution in [0.5, 0.6) is 11.5 Å². The average molecular weight is 552 g/mol. The summed E-state index contributed by atoms with van der Waals surface area (Å²) in [4.78, 5) is 12.7. The summed E-state index contributed by atoms with van der Waals surface area (Å²) in [5.41, 5.74) is 2.84. The predicted octanol–water partition coefficient (Wildman–Crippen LogP) is 7.35. The molecule has 0 saturated heterocycles. The molecule has 178 valence electrons. The minimum absolute atomic E-state index is 0.0401. The van der Waals surface area contributed by atoms with E-state index < -0.39 is 5.91 Å². The Morgan fingerprint density at radius 1 is 1.14 bits per heavy atom. The van der Waals surface area contributed by atoms with Crippen molar-refractivity contribution >= 4 is 45.2 Å². The van der Waals surface area contributed by atoms with Gasteiger partial charge in [-0.2, -0.15) is 5.26 Å². The summed E-state index contributed by atoms with van der Waals surface area (Å²) in [6, 6.07) is 20.2. The lowest BCUT2D eigenvalue weighted by Crippen LogP contribution is -2.13. The largest absolute Gasteiger partial charge is 0.490 e. The van der Waals surface area contributed by atoms with Gasteiger partial charge >= 0.3 is 0 Å².